The Labute approximate surface area is 164 Å². The monoisotopic (exact) mass is 386 g/mol. The Kier molecular flexibility index (Phi) is 6.62. The predicted octanol–water partition coefficient (Wildman–Crippen LogP) is 3.11. The van der Waals surface area contributed by atoms with Gasteiger partial charge in [-0.1, -0.05) is 18.2 Å². The molecule has 1 aromatic carbocycles. The Morgan fingerprint density at radius 1 is 1.32 bits per heavy atom. The molecular formula is C22H27FN2O3. The number of carbonyl (C=O) groups excluding carboxylic acids is 1. The average molecular weight is 386 g/mol. The molecule has 2 heterocycles. The second-order valence-corrected chi connectivity index (χ2v) is 7.60. The molecule has 0 N–H and O–H groups in total. The molecule has 6 heteroatoms. The van der Waals surface area contributed by atoms with Crippen LogP contribution in [0.25, 0.3) is 0 Å². The van der Waals surface area contributed by atoms with Crippen LogP contribution < -0.4 is 5.43 Å². The highest BCUT2D eigenvalue weighted by Gasteiger charge is 2.24. The second kappa shape index (κ2) is 9.15. The summed E-state index contributed by atoms with van der Waals surface area (Å²) in [5, 5.41) is 0. The highest BCUT2D eigenvalue weighted by atomic mass is 19.1. The normalized spacial score (nSPS) is 17.5. The largest absolute Gasteiger partial charge is 0.456 e. The molecule has 1 aromatic heterocycles. The van der Waals surface area contributed by atoms with Crippen LogP contribution in [0.5, 0.6) is 0 Å². The van der Waals surface area contributed by atoms with Crippen molar-refractivity contribution in [3.8, 4) is 0 Å². The van der Waals surface area contributed by atoms with E-state index >= 15 is 0 Å². The summed E-state index contributed by atoms with van der Waals surface area (Å²) in [6, 6.07) is 9.51. The minimum Gasteiger partial charge on any atom is -0.456 e. The van der Waals surface area contributed by atoms with Gasteiger partial charge in [-0.3, -0.25) is 9.59 Å². The zero-order chi connectivity index (χ0) is 20.1. The summed E-state index contributed by atoms with van der Waals surface area (Å²) in [5.74, 6) is 0.436. The molecule has 0 spiro atoms. The number of hydrogen-bond acceptors (Lipinski definition) is 4. The summed E-state index contributed by atoms with van der Waals surface area (Å²) in [4.78, 5) is 28.2. The molecule has 0 radical (unpaired) electrons. The van der Waals surface area contributed by atoms with Crippen molar-refractivity contribution in [1.29, 1.82) is 0 Å². The van der Waals surface area contributed by atoms with Gasteiger partial charge in [0.05, 0.1) is 0 Å². The predicted molar refractivity (Wildman–Crippen MR) is 106 cm³/mol. The van der Waals surface area contributed by atoms with Crippen LogP contribution in [-0.4, -0.2) is 48.9 Å². The fourth-order valence-electron chi connectivity index (χ4n) is 3.85. The van der Waals surface area contributed by atoms with Gasteiger partial charge < -0.3 is 14.2 Å². The third kappa shape index (κ3) is 5.29. The van der Waals surface area contributed by atoms with E-state index in [9.17, 15) is 14.0 Å². The molecule has 0 aliphatic carbocycles. The molecular weight excluding hydrogens is 359 g/mol. The van der Waals surface area contributed by atoms with Crippen LogP contribution in [0, 0.1) is 18.7 Å². The Balaban J connectivity index is 1.54. The summed E-state index contributed by atoms with van der Waals surface area (Å²) in [7, 11) is 1.74. The van der Waals surface area contributed by atoms with E-state index < -0.39 is 0 Å². The maximum absolute atomic E-state index is 13.8. The standard InChI is InChI=1S/C22H27FN2O3/c1-16-12-19(26)13-21(28-16)22(27)24(2)14-17-6-5-10-25(15-17)11-9-18-7-3-4-8-20(18)23/h3-4,7-8,12-13,17H,5-6,9-11,14-15H2,1-2H3/t17-/m1/s1. The number of benzene rings is 1. The summed E-state index contributed by atoms with van der Waals surface area (Å²) >= 11 is 0. The second-order valence-electron chi connectivity index (χ2n) is 7.60. The smallest absolute Gasteiger partial charge is 0.289 e. The highest BCUT2D eigenvalue weighted by molar-refractivity contribution is 5.91. The van der Waals surface area contributed by atoms with Crippen molar-refractivity contribution in [2.75, 3.05) is 33.2 Å². The van der Waals surface area contributed by atoms with Gasteiger partial charge in [-0.15, -0.1) is 0 Å². The topological polar surface area (TPSA) is 53.8 Å². The van der Waals surface area contributed by atoms with Gasteiger partial charge in [0.25, 0.3) is 5.91 Å². The van der Waals surface area contributed by atoms with E-state index in [2.05, 4.69) is 4.90 Å². The zero-order valence-corrected chi connectivity index (χ0v) is 16.5. The minimum atomic E-state index is -0.274. The number of nitrogens with zero attached hydrogens (tertiary/aromatic N) is 2. The molecule has 5 nitrogen and oxygen atoms in total. The lowest BCUT2D eigenvalue weighted by Crippen LogP contribution is -2.42. The Morgan fingerprint density at radius 2 is 2.11 bits per heavy atom. The first-order valence-corrected chi connectivity index (χ1v) is 9.75. The molecule has 150 valence electrons. The van der Waals surface area contributed by atoms with Gasteiger partial charge in [0, 0.05) is 38.8 Å². The molecule has 3 rings (SSSR count). The van der Waals surface area contributed by atoms with E-state index in [1.54, 1.807) is 24.9 Å². The van der Waals surface area contributed by atoms with E-state index in [1.807, 2.05) is 12.1 Å². The molecule has 0 unspecified atom stereocenters. The molecule has 0 saturated carbocycles. The third-order valence-corrected chi connectivity index (χ3v) is 5.24. The van der Waals surface area contributed by atoms with Crippen molar-refractivity contribution in [3.63, 3.8) is 0 Å². The zero-order valence-electron chi connectivity index (χ0n) is 16.5. The number of hydrogen-bond donors (Lipinski definition) is 0. The highest BCUT2D eigenvalue weighted by Crippen LogP contribution is 2.19. The van der Waals surface area contributed by atoms with Crippen LogP contribution in [0.1, 0.15) is 34.7 Å². The van der Waals surface area contributed by atoms with Gasteiger partial charge in [0.2, 0.25) is 0 Å². The summed E-state index contributed by atoms with van der Waals surface area (Å²) in [6.45, 7) is 4.94. The van der Waals surface area contributed by atoms with Crippen molar-refractivity contribution in [3.05, 3.63) is 69.5 Å². The number of aryl methyl sites for hydroxylation is 1. The SMILES string of the molecule is Cc1cc(=O)cc(C(=O)N(C)C[C@H]2CCCN(CCc3ccccc3F)C2)o1. The molecule has 0 bridgehead atoms. The van der Waals surface area contributed by atoms with Gasteiger partial charge in [0.15, 0.2) is 11.2 Å². The number of piperidine rings is 1. The molecule has 2 aromatic rings. The lowest BCUT2D eigenvalue weighted by molar-refractivity contribution is 0.0695. The quantitative estimate of drug-likeness (QED) is 0.766. The summed E-state index contributed by atoms with van der Waals surface area (Å²) in [5.41, 5.74) is 0.517. The van der Waals surface area contributed by atoms with E-state index in [0.29, 0.717) is 24.6 Å². The first-order chi connectivity index (χ1) is 13.4. The molecule has 1 saturated heterocycles. The Hall–Kier alpha value is -2.47. The van der Waals surface area contributed by atoms with E-state index in [-0.39, 0.29) is 22.9 Å². The van der Waals surface area contributed by atoms with Gasteiger partial charge in [0.1, 0.15) is 11.6 Å². The van der Waals surface area contributed by atoms with Crippen molar-refractivity contribution in [2.45, 2.75) is 26.2 Å². The molecule has 1 atom stereocenters. The first-order valence-electron chi connectivity index (χ1n) is 9.75. The molecule has 28 heavy (non-hydrogen) atoms. The molecule has 1 aliphatic heterocycles. The van der Waals surface area contributed by atoms with Gasteiger partial charge >= 0.3 is 0 Å². The summed E-state index contributed by atoms with van der Waals surface area (Å²) < 4.78 is 19.2. The average Bonchev–Trinajstić information content (AvgIpc) is 2.66. The maximum Gasteiger partial charge on any atom is 0.289 e. The molecule has 1 fully saturated rings. The Bertz CT molecular complexity index is 880. The van der Waals surface area contributed by atoms with Crippen LogP contribution in [0.3, 0.4) is 0 Å². The van der Waals surface area contributed by atoms with Crippen LogP contribution in [0.2, 0.25) is 0 Å². The van der Waals surface area contributed by atoms with Crippen molar-refractivity contribution >= 4 is 5.91 Å². The maximum atomic E-state index is 13.8. The van der Waals surface area contributed by atoms with Crippen LogP contribution in [0.15, 0.2) is 45.6 Å². The number of carbonyl (C=O) groups is 1. The lowest BCUT2D eigenvalue weighted by Gasteiger charge is -2.34. The first kappa shape index (κ1) is 20.3. The van der Waals surface area contributed by atoms with Crippen LogP contribution >= 0.6 is 0 Å². The third-order valence-electron chi connectivity index (χ3n) is 5.24. The van der Waals surface area contributed by atoms with Gasteiger partial charge in [-0.2, -0.15) is 0 Å². The fraction of sp³-hybridized carbons (Fsp3) is 0.455. The van der Waals surface area contributed by atoms with Crippen LogP contribution in [0.4, 0.5) is 4.39 Å². The number of likely N-dealkylation sites (tertiary alicyclic amines) is 1. The van der Waals surface area contributed by atoms with Crippen LogP contribution in [-0.2, 0) is 6.42 Å². The van der Waals surface area contributed by atoms with Crippen molar-refractivity contribution in [1.82, 2.24) is 9.80 Å². The van der Waals surface area contributed by atoms with Gasteiger partial charge in [-0.05, 0) is 50.3 Å². The van der Waals surface area contributed by atoms with E-state index in [0.717, 1.165) is 38.0 Å². The number of rotatable bonds is 6. The van der Waals surface area contributed by atoms with E-state index in [1.165, 1.54) is 18.2 Å². The Morgan fingerprint density at radius 3 is 2.86 bits per heavy atom. The summed E-state index contributed by atoms with van der Waals surface area (Å²) in [6.07, 6.45) is 2.79. The van der Waals surface area contributed by atoms with Crippen molar-refractivity contribution < 1.29 is 13.6 Å². The molecule has 1 aliphatic rings. The lowest BCUT2D eigenvalue weighted by atomic mass is 9.97. The number of amides is 1. The number of halogens is 1. The minimum absolute atomic E-state index is 0.0831. The fourth-order valence-corrected chi connectivity index (χ4v) is 3.85. The van der Waals surface area contributed by atoms with E-state index in [4.69, 9.17) is 4.42 Å². The van der Waals surface area contributed by atoms with Gasteiger partial charge in [-0.25, -0.2) is 4.39 Å². The van der Waals surface area contributed by atoms with Crippen molar-refractivity contribution in [2.24, 2.45) is 5.92 Å². The molecule has 1 amide bonds.